The maximum atomic E-state index is 11.5. The largest absolute Gasteiger partial charge is 0.365 e. The van der Waals surface area contributed by atoms with Crippen LogP contribution in [0.5, 0.6) is 0 Å². The minimum absolute atomic E-state index is 0.0120. The average Bonchev–Trinajstić information content (AvgIpc) is 2.28. The van der Waals surface area contributed by atoms with Crippen molar-refractivity contribution in [2.24, 2.45) is 5.73 Å². The van der Waals surface area contributed by atoms with E-state index in [1.165, 1.54) is 0 Å². The Balaban J connectivity index is 2.85. The highest BCUT2D eigenvalue weighted by molar-refractivity contribution is 9.10. The fourth-order valence-corrected chi connectivity index (χ4v) is 2.18. The highest BCUT2D eigenvalue weighted by Crippen LogP contribution is 2.26. The van der Waals surface area contributed by atoms with E-state index in [2.05, 4.69) is 21.2 Å². The smallest absolute Gasteiger partial charge is 0.239 e. The first-order valence-electron chi connectivity index (χ1n) is 5.55. The second-order valence-corrected chi connectivity index (χ2v) is 4.61. The minimum Gasteiger partial charge on any atom is -0.365 e. The van der Waals surface area contributed by atoms with E-state index >= 15 is 0 Å². The van der Waals surface area contributed by atoms with Gasteiger partial charge in [-0.15, -0.1) is 0 Å². The maximum absolute atomic E-state index is 11.5. The van der Waals surface area contributed by atoms with E-state index in [4.69, 9.17) is 5.73 Å². The van der Waals surface area contributed by atoms with Crippen LogP contribution in [0.3, 0.4) is 0 Å². The van der Waals surface area contributed by atoms with Crippen molar-refractivity contribution in [3.8, 4) is 0 Å². The molecule has 0 fully saturated rings. The van der Waals surface area contributed by atoms with E-state index in [9.17, 15) is 4.79 Å². The Morgan fingerprint density at radius 3 is 2.82 bits per heavy atom. The molecule has 0 radical (unpaired) electrons. The predicted octanol–water partition coefficient (Wildman–Crippen LogP) is 1.48. The summed E-state index contributed by atoms with van der Waals surface area (Å²) < 4.78 is 0.972. The Morgan fingerprint density at radius 2 is 2.24 bits per heavy atom. The third-order valence-corrected chi connectivity index (χ3v) is 3.21. The normalized spacial score (nSPS) is 10.1. The highest BCUT2D eigenvalue weighted by Gasteiger charge is 2.11. The molecule has 0 aliphatic carbocycles. The Bertz CT molecular complexity index is 395. The quantitative estimate of drug-likeness (QED) is 0.866. The standard InChI is InChI=1S/C12H18BrN3O/c1-3-15-12(17)8-16(2)11-6-4-5-10(13)9(11)7-14/h4-6H,3,7-8,14H2,1-2H3,(H,15,17). The van der Waals surface area contributed by atoms with Gasteiger partial charge in [-0.3, -0.25) is 4.79 Å². The van der Waals surface area contributed by atoms with E-state index in [0.29, 0.717) is 19.6 Å². The van der Waals surface area contributed by atoms with Crippen LogP contribution in [0.2, 0.25) is 0 Å². The fraction of sp³-hybridized carbons (Fsp3) is 0.417. The number of likely N-dealkylation sites (N-methyl/N-ethyl adjacent to an activating group) is 2. The summed E-state index contributed by atoms with van der Waals surface area (Å²) in [5.74, 6) is 0.0120. The maximum Gasteiger partial charge on any atom is 0.239 e. The van der Waals surface area contributed by atoms with E-state index in [0.717, 1.165) is 15.7 Å². The zero-order valence-corrected chi connectivity index (χ0v) is 11.8. The molecule has 0 bridgehead atoms. The van der Waals surface area contributed by atoms with E-state index in [1.807, 2.05) is 37.1 Å². The van der Waals surface area contributed by atoms with Crippen LogP contribution < -0.4 is 16.0 Å². The molecule has 94 valence electrons. The van der Waals surface area contributed by atoms with Crippen molar-refractivity contribution in [2.45, 2.75) is 13.5 Å². The molecular formula is C12H18BrN3O. The van der Waals surface area contributed by atoms with Crippen molar-refractivity contribution in [3.63, 3.8) is 0 Å². The van der Waals surface area contributed by atoms with Crippen LogP contribution in [-0.2, 0) is 11.3 Å². The molecule has 1 aromatic carbocycles. The van der Waals surface area contributed by atoms with Crippen molar-refractivity contribution >= 4 is 27.5 Å². The zero-order valence-electron chi connectivity index (χ0n) is 10.2. The molecule has 0 aliphatic rings. The first-order chi connectivity index (χ1) is 8.10. The van der Waals surface area contributed by atoms with Gasteiger partial charge in [-0.1, -0.05) is 22.0 Å². The Morgan fingerprint density at radius 1 is 1.53 bits per heavy atom. The summed E-state index contributed by atoms with van der Waals surface area (Å²) in [7, 11) is 1.89. The van der Waals surface area contributed by atoms with Crippen LogP contribution in [0.4, 0.5) is 5.69 Å². The number of hydrogen-bond acceptors (Lipinski definition) is 3. The van der Waals surface area contributed by atoms with Crippen molar-refractivity contribution in [3.05, 3.63) is 28.2 Å². The second-order valence-electron chi connectivity index (χ2n) is 3.75. The van der Waals surface area contributed by atoms with Gasteiger partial charge in [0.25, 0.3) is 0 Å². The van der Waals surface area contributed by atoms with Gasteiger partial charge in [0.05, 0.1) is 6.54 Å². The van der Waals surface area contributed by atoms with Gasteiger partial charge in [-0.25, -0.2) is 0 Å². The van der Waals surface area contributed by atoms with Crippen LogP contribution in [0.25, 0.3) is 0 Å². The summed E-state index contributed by atoms with van der Waals surface area (Å²) in [5.41, 5.74) is 7.71. The van der Waals surface area contributed by atoms with Gasteiger partial charge >= 0.3 is 0 Å². The van der Waals surface area contributed by atoms with Crippen molar-refractivity contribution < 1.29 is 4.79 Å². The van der Waals surface area contributed by atoms with Gasteiger partial charge in [-0.05, 0) is 19.1 Å². The summed E-state index contributed by atoms with van der Waals surface area (Å²) >= 11 is 3.47. The number of amides is 1. The molecule has 17 heavy (non-hydrogen) atoms. The third kappa shape index (κ3) is 3.71. The lowest BCUT2D eigenvalue weighted by molar-refractivity contribution is -0.119. The molecule has 0 atom stereocenters. The van der Waals surface area contributed by atoms with Crippen LogP contribution in [0, 0.1) is 0 Å². The van der Waals surface area contributed by atoms with Gasteiger partial charge < -0.3 is 16.0 Å². The molecule has 5 heteroatoms. The Labute approximate surface area is 110 Å². The highest BCUT2D eigenvalue weighted by atomic mass is 79.9. The number of nitrogens with one attached hydrogen (secondary N) is 1. The van der Waals surface area contributed by atoms with Crippen LogP contribution in [0.1, 0.15) is 12.5 Å². The van der Waals surface area contributed by atoms with E-state index < -0.39 is 0 Å². The number of nitrogens with two attached hydrogens (primary N) is 1. The Hall–Kier alpha value is -1.07. The number of carbonyl (C=O) groups excluding carboxylic acids is 1. The van der Waals surface area contributed by atoms with Gasteiger partial charge in [0, 0.05) is 35.9 Å². The van der Waals surface area contributed by atoms with Gasteiger partial charge in [0.1, 0.15) is 0 Å². The SMILES string of the molecule is CCNC(=O)CN(C)c1cccc(Br)c1CN. The van der Waals surface area contributed by atoms with Crippen molar-refractivity contribution in [1.29, 1.82) is 0 Å². The molecular weight excluding hydrogens is 282 g/mol. The first-order valence-corrected chi connectivity index (χ1v) is 6.34. The molecule has 3 N–H and O–H groups in total. The molecule has 0 heterocycles. The molecule has 1 amide bonds. The molecule has 0 aromatic heterocycles. The molecule has 0 unspecified atom stereocenters. The predicted molar refractivity (Wildman–Crippen MR) is 74.0 cm³/mol. The number of benzene rings is 1. The lowest BCUT2D eigenvalue weighted by Crippen LogP contribution is -2.35. The van der Waals surface area contributed by atoms with Crippen LogP contribution in [0.15, 0.2) is 22.7 Å². The fourth-order valence-electron chi connectivity index (χ4n) is 1.66. The van der Waals surface area contributed by atoms with Gasteiger partial charge in [0.2, 0.25) is 5.91 Å². The molecule has 0 saturated heterocycles. The number of rotatable bonds is 5. The summed E-state index contributed by atoms with van der Waals surface area (Å²) in [6.07, 6.45) is 0. The lowest BCUT2D eigenvalue weighted by Gasteiger charge is -2.22. The zero-order chi connectivity index (χ0) is 12.8. The van der Waals surface area contributed by atoms with Gasteiger partial charge in [-0.2, -0.15) is 0 Å². The average molecular weight is 300 g/mol. The van der Waals surface area contributed by atoms with E-state index in [-0.39, 0.29) is 5.91 Å². The van der Waals surface area contributed by atoms with E-state index in [1.54, 1.807) is 0 Å². The Kier molecular flexibility index (Phi) is 5.44. The number of halogens is 1. The summed E-state index contributed by atoms with van der Waals surface area (Å²) in [6.45, 7) is 3.32. The lowest BCUT2D eigenvalue weighted by atomic mass is 10.1. The molecule has 1 aromatic rings. The summed E-state index contributed by atoms with van der Waals surface area (Å²) in [4.78, 5) is 13.4. The first kappa shape index (κ1) is 14.0. The molecule has 0 aliphatic heterocycles. The molecule has 1 rings (SSSR count). The number of hydrogen-bond donors (Lipinski definition) is 2. The number of carbonyl (C=O) groups is 1. The molecule has 4 nitrogen and oxygen atoms in total. The molecule has 0 saturated carbocycles. The minimum atomic E-state index is 0.0120. The summed E-state index contributed by atoms with van der Waals surface area (Å²) in [5, 5.41) is 2.77. The third-order valence-electron chi connectivity index (χ3n) is 2.46. The topological polar surface area (TPSA) is 58.4 Å². The molecule has 0 spiro atoms. The number of nitrogens with zero attached hydrogens (tertiary/aromatic N) is 1. The van der Waals surface area contributed by atoms with Crippen molar-refractivity contribution in [1.82, 2.24) is 5.32 Å². The number of anilines is 1. The van der Waals surface area contributed by atoms with Crippen LogP contribution in [-0.4, -0.2) is 26.0 Å². The monoisotopic (exact) mass is 299 g/mol. The van der Waals surface area contributed by atoms with Crippen LogP contribution >= 0.6 is 15.9 Å². The summed E-state index contributed by atoms with van der Waals surface area (Å²) in [6, 6.07) is 5.85. The van der Waals surface area contributed by atoms with Crippen molar-refractivity contribution in [2.75, 3.05) is 25.0 Å². The van der Waals surface area contributed by atoms with Gasteiger partial charge in [0.15, 0.2) is 0 Å². The second kappa shape index (κ2) is 6.61.